The Morgan fingerprint density at radius 1 is 1.47 bits per heavy atom. The third kappa shape index (κ3) is 4.48. The second-order valence-electron chi connectivity index (χ2n) is 3.90. The number of rotatable bonds is 4. The fourth-order valence-corrected chi connectivity index (χ4v) is 2.10. The van der Waals surface area contributed by atoms with Gasteiger partial charge in [0.25, 0.3) is 0 Å². The Morgan fingerprint density at radius 2 is 2.11 bits per heavy atom. The van der Waals surface area contributed by atoms with Crippen molar-refractivity contribution in [2.75, 3.05) is 6.61 Å². The van der Waals surface area contributed by atoms with Gasteiger partial charge in [-0.25, -0.2) is 4.57 Å². The number of carbonyl (C=O) groups is 1. The minimum absolute atomic E-state index is 0.703. The fraction of sp³-hybridized carbons (Fsp3) is 0.875. The number of aliphatic hydroxyl groups is 3. The molecular formula is C8H16NO9P. The molecule has 112 valence electrons. The maximum atomic E-state index is 11.1. The highest BCUT2D eigenvalue weighted by Gasteiger charge is 2.47. The average molecular weight is 302 g/mol. The van der Waals surface area contributed by atoms with Gasteiger partial charge >= 0.3 is 7.82 Å². The summed E-state index contributed by atoms with van der Waals surface area (Å²) in [6.07, 6.45) is -6.44. The molecule has 1 amide bonds. The highest BCUT2D eigenvalue weighted by molar-refractivity contribution is 7.46. The van der Waals surface area contributed by atoms with Crippen molar-refractivity contribution in [2.24, 2.45) is 0 Å². The number of aliphatic hydroxyl groups excluding tert-OH is 3. The topological polar surface area (TPSA) is 166 Å². The first-order valence-corrected chi connectivity index (χ1v) is 6.67. The molecule has 1 aliphatic rings. The molecule has 1 rings (SSSR count). The van der Waals surface area contributed by atoms with Gasteiger partial charge in [-0.2, -0.15) is 0 Å². The zero-order valence-corrected chi connectivity index (χ0v) is 10.5. The van der Waals surface area contributed by atoms with Crippen LogP contribution in [0, 0.1) is 0 Å². The summed E-state index contributed by atoms with van der Waals surface area (Å²) in [4.78, 5) is 28.6. The molecule has 0 bridgehead atoms. The Bertz CT molecular complexity index is 390. The molecule has 1 heterocycles. The molecule has 0 saturated carbocycles. The summed E-state index contributed by atoms with van der Waals surface area (Å²) in [5.41, 5.74) is 0. The average Bonchev–Trinajstić information content (AvgIpc) is 2.36. The molecule has 5 atom stereocenters. The Labute approximate surface area is 109 Å². The van der Waals surface area contributed by atoms with E-state index in [1.54, 1.807) is 0 Å². The van der Waals surface area contributed by atoms with Gasteiger partial charge in [-0.05, 0) is 0 Å². The van der Waals surface area contributed by atoms with Gasteiger partial charge in [0, 0.05) is 8.27 Å². The molecule has 10 nitrogen and oxygen atoms in total. The number of hydrogen-bond acceptors (Lipinski definition) is 7. The maximum Gasteiger partial charge on any atom is 0.472 e. The van der Waals surface area contributed by atoms with E-state index in [1.807, 2.05) is 0 Å². The summed E-state index contributed by atoms with van der Waals surface area (Å²) in [5, 5.41) is 30.4. The van der Waals surface area contributed by atoms with E-state index in [-0.39, 0.29) is 0 Å². The Hall–Kier alpha value is -0.580. The second kappa shape index (κ2) is 6.25. The molecule has 0 aromatic carbocycles. The molecule has 1 saturated heterocycles. The van der Waals surface area contributed by atoms with Crippen LogP contribution in [-0.4, -0.2) is 68.3 Å². The van der Waals surface area contributed by atoms with E-state index in [1.165, 1.54) is 0 Å². The lowest BCUT2D eigenvalue weighted by atomic mass is 9.97. The van der Waals surface area contributed by atoms with Crippen molar-refractivity contribution in [3.05, 3.63) is 0 Å². The van der Waals surface area contributed by atoms with E-state index in [0.29, 0.717) is 0 Å². The van der Waals surface area contributed by atoms with E-state index in [4.69, 9.17) is 21.0 Å². The van der Waals surface area contributed by atoms with Crippen molar-refractivity contribution in [1.82, 2.24) is 5.32 Å². The van der Waals surface area contributed by atoms with Crippen molar-refractivity contribution in [2.45, 2.75) is 37.5 Å². The Kier molecular flexibility index (Phi) is 4.87. The van der Waals surface area contributed by atoms with Crippen LogP contribution in [0.4, 0.5) is 0 Å². The monoisotopic (exact) mass is 302 g/mol. The zero-order chi connectivity index (χ0) is 15.5. The van der Waals surface area contributed by atoms with Crippen LogP contribution in [0.5, 0.6) is 0 Å². The van der Waals surface area contributed by atoms with E-state index in [9.17, 15) is 19.6 Å². The highest BCUT2D eigenvalue weighted by atomic mass is 31.2. The van der Waals surface area contributed by atoms with Gasteiger partial charge < -0.3 is 35.2 Å². The van der Waals surface area contributed by atoms with E-state index in [0.717, 1.165) is 0 Å². The molecule has 11 heteroatoms. The van der Waals surface area contributed by atoms with Crippen molar-refractivity contribution >= 4 is 13.7 Å². The van der Waals surface area contributed by atoms with Crippen molar-refractivity contribution in [3.8, 4) is 0 Å². The van der Waals surface area contributed by atoms with Gasteiger partial charge in [-0.15, -0.1) is 0 Å². The van der Waals surface area contributed by atoms with E-state index < -0.39 is 57.9 Å². The van der Waals surface area contributed by atoms with E-state index >= 15 is 0 Å². The summed E-state index contributed by atoms with van der Waals surface area (Å²) >= 11 is 0. The van der Waals surface area contributed by atoms with Crippen LogP contribution in [-0.2, 0) is 18.6 Å². The minimum Gasteiger partial charge on any atom is -0.394 e. The van der Waals surface area contributed by atoms with Crippen LogP contribution in [0.15, 0.2) is 0 Å². The lowest BCUT2D eigenvalue weighted by Gasteiger charge is -2.41. The third-order valence-electron chi connectivity index (χ3n) is 2.45. The van der Waals surface area contributed by atoms with Crippen molar-refractivity contribution in [1.29, 1.82) is 0 Å². The predicted octanol–water partition coefficient (Wildman–Crippen LogP) is -2.96. The predicted molar refractivity (Wildman–Crippen MR) is 58.5 cm³/mol. The fourth-order valence-electron chi connectivity index (χ4n) is 1.65. The summed E-state index contributed by atoms with van der Waals surface area (Å²) < 4.78 is 26.8. The summed E-state index contributed by atoms with van der Waals surface area (Å²) in [6.45, 7) is -1.44. The van der Waals surface area contributed by atoms with Crippen LogP contribution >= 0.6 is 7.82 Å². The number of amides is 1. The van der Waals surface area contributed by atoms with Crippen LogP contribution in [0.25, 0.3) is 0 Å². The standard InChI is InChI=1S/C8H16NO9P/c1-3(11)9-5-7(13)6(12)4(2-10)17-8(5)18-19(14,15)16/h4-8,10,12-13H,2H2,1H3,(H,9,11)(H2,14,15,16)/t4-,5+,6-,7-,8?/m1/s1/i1D. The van der Waals surface area contributed by atoms with Gasteiger partial charge in [0.05, 0.1) is 6.61 Å². The summed E-state index contributed by atoms with van der Waals surface area (Å²) in [6, 6.07) is -1.50. The molecule has 19 heavy (non-hydrogen) atoms. The number of phosphoric ester groups is 1. The highest BCUT2D eigenvalue weighted by Crippen LogP contribution is 2.40. The van der Waals surface area contributed by atoms with Gasteiger partial charge in [-0.1, -0.05) is 0 Å². The summed E-state index contributed by atoms with van der Waals surface area (Å²) in [7, 11) is -5.00. The van der Waals surface area contributed by atoms with Gasteiger partial charge in [0.15, 0.2) is 6.29 Å². The number of phosphoric acid groups is 1. The molecule has 0 aromatic rings. The number of carbonyl (C=O) groups excluding carboxylic acids is 1. The number of ether oxygens (including phenoxy) is 1. The molecular weight excluding hydrogens is 285 g/mol. The van der Waals surface area contributed by atoms with Crippen LogP contribution in [0.3, 0.4) is 0 Å². The van der Waals surface area contributed by atoms with Gasteiger partial charge in [0.1, 0.15) is 24.4 Å². The molecule has 0 radical (unpaired) electrons. The molecule has 1 aliphatic heterocycles. The molecule has 0 aliphatic carbocycles. The first-order valence-electron chi connectivity index (χ1n) is 5.85. The smallest absolute Gasteiger partial charge is 0.394 e. The van der Waals surface area contributed by atoms with Crippen molar-refractivity contribution in [3.63, 3.8) is 0 Å². The molecule has 1 fully saturated rings. The lowest BCUT2D eigenvalue weighted by molar-refractivity contribution is -0.248. The van der Waals surface area contributed by atoms with E-state index in [2.05, 4.69) is 9.84 Å². The summed E-state index contributed by atoms with van der Waals surface area (Å²) in [5.74, 6) is -0.869. The Morgan fingerprint density at radius 3 is 2.58 bits per heavy atom. The van der Waals surface area contributed by atoms with Gasteiger partial charge in [-0.3, -0.25) is 9.32 Å². The normalized spacial score (nSPS) is 36.7. The van der Waals surface area contributed by atoms with Crippen LogP contribution in [0.1, 0.15) is 8.27 Å². The molecule has 0 aromatic heterocycles. The minimum atomic E-state index is -5.00. The molecule has 1 unspecified atom stereocenters. The lowest BCUT2D eigenvalue weighted by Crippen LogP contribution is -2.64. The van der Waals surface area contributed by atoms with Crippen LogP contribution < -0.4 is 5.32 Å². The first-order chi connectivity index (χ1) is 9.19. The number of hydrogen-bond donors (Lipinski definition) is 6. The second-order valence-corrected chi connectivity index (χ2v) is 5.09. The number of nitrogens with one attached hydrogen (secondary N) is 1. The van der Waals surface area contributed by atoms with Crippen molar-refractivity contribution < 1.29 is 45.1 Å². The SMILES string of the molecule is [2H]CC(=O)N[C@@H]1C(OP(=O)(O)O)O[C@H](CO)[C@@H](O)[C@@H]1O. The zero-order valence-electron chi connectivity index (χ0n) is 10.6. The molecule has 6 N–H and O–H groups in total. The first kappa shape index (κ1) is 14.8. The quantitative estimate of drug-likeness (QED) is 0.297. The largest absolute Gasteiger partial charge is 0.472 e. The molecule has 0 spiro atoms. The Balaban J connectivity index is 2.93. The third-order valence-corrected chi connectivity index (χ3v) is 2.93. The maximum absolute atomic E-state index is 11.1. The van der Waals surface area contributed by atoms with Gasteiger partial charge in [0.2, 0.25) is 5.91 Å². The van der Waals surface area contributed by atoms with Crippen LogP contribution in [0.2, 0.25) is 0 Å².